The van der Waals surface area contributed by atoms with E-state index < -0.39 is 0 Å². The van der Waals surface area contributed by atoms with E-state index in [9.17, 15) is 4.79 Å². The molecular formula is C18H24N4O3S. The lowest BCUT2D eigenvalue weighted by molar-refractivity contribution is -0.121. The lowest BCUT2D eigenvalue weighted by Gasteiger charge is -2.27. The minimum atomic E-state index is -0.0615. The zero-order chi connectivity index (χ0) is 18.1. The monoisotopic (exact) mass is 376 g/mol. The molecule has 0 bridgehead atoms. The van der Waals surface area contributed by atoms with Crippen LogP contribution in [0.25, 0.3) is 0 Å². The third-order valence-corrected chi connectivity index (χ3v) is 5.83. The molecule has 1 amide bonds. The van der Waals surface area contributed by atoms with Gasteiger partial charge in [0.1, 0.15) is 5.82 Å². The number of nitrogens with one attached hydrogen (secondary N) is 1. The summed E-state index contributed by atoms with van der Waals surface area (Å²) in [6, 6.07) is 0. The van der Waals surface area contributed by atoms with E-state index >= 15 is 0 Å². The van der Waals surface area contributed by atoms with Gasteiger partial charge in [0.25, 0.3) is 0 Å². The van der Waals surface area contributed by atoms with Gasteiger partial charge in [-0.15, -0.1) is 11.3 Å². The molecule has 4 heterocycles. The Hall–Kier alpha value is -1.77. The van der Waals surface area contributed by atoms with Crippen LogP contribution in [-0.2, 0) is 27.2 Å². The van der Waals surface area contributed by atoms with Gasteiger partial charge < -0.3 is 19.4 Å². The fourth-order valence-electron chi connectivity index (χ4n) is 3.69. The first-order chi connectivity index (χ1) is 12.6. The summed E-state index contributed by atoms with van der Waals surface area (Å²) < 4.78 is 13.2. The Morgan fingerprint density at radius 1 is 1.46 bits per heavy atom. The zero-order valence-corrected chi connectivity index (χ0v) is 15.9. The summed E-state index contributed by atoms with van der Waals surface area (Å²) in [7, 11) is 0. The molecule has 0 saturated carbocycles. The number of ether oxygens (including phenoxy) is 2. The molecule has 1 saturated heterocycles. The molecule has 0 aliphatic carbocycles. The summed E-state index contributed by atoms with van der Waals surface area (Å²) in [5, 5.41) is 3.64. The second-order valence-corrected chi connectivity index (χ2v) is 8.23. The van der Waals surface area contributed by atoms with Crippen LogP contribution in [0.5, 0.6) is 0 Å². The largest absolute Gasteiger partial charge is 0.376 e. The number of rotatable bonds is 4. The van der Waals surface area contributed by atoms with E-state index in [0.717, 1.165) is 29.2 Å². The number of nitrogens with zero attached hydrogens (tertiary/aromatic N) is 3. The van der Waals surface area contributed by atoms with Crippen LogP contribution in [0.3, 0.4) is 0 Å². The summed E-state index contributed by atoms with van der Waals surface area (Å²) in [5.74, 6) is 1.34. The highest BCUT2D eigenvalue weighted by molar-refractivity contribution is 7.15. The third-order valence-electron chi connectivity index (χ3n) is 4.89. The lowest BCUT2D eigenvalue weighted by Crippen LogP contribution is -2.32. The molecule has 0 aromatic carbocycles. The quantitative estimate of drug-likeness (QED) is 0.886. The van der Waals surface area contributed by atoms with Gasteiger partial charge in [-0.25, -0.2) is 9.97 Å². The number of amides is 1. The zero-order valence-electron chi connectivity index (χ0n) is 15.1. The Kier molecular flexibility index (Phi) is 5.06. The number of carbonyl (C=O) groups excluding carboxylic acids is 1. The predicted molar refractivity (Wildman–Crippen MR) is 98.5 cm³/mol. The van der Waals surface area contributed by atoms with Gasteiger partial charge in [-0.05, 0) is 13.3 Å². The smallest absolute Gasteiger partial charge is 0.231 e. The van der Waals surface area contributed by atoms with Gasteiger partial charge in [0.05, 0.1) is 37.5 Å². The number of hydrogen-bond donors (Lipinski definition) is 1. The van der Waals surface area contributed by atoms with E-state index in [1.165, 1.54) is 11.3 Å². The van der Waals surface area contributed by atoms with Crippen molar-refractivity contribution >= 4 is 22.4 Å². The summed E-state index contributed by atoms with van der Waals surface area (Å²) >= 11 is 1.51. The van der Waals surface area contributed by atoms with Crippen molar-refractivity contribution in [1.82, 2.24) is 14.5 Å². The maximum Gasteiger partial charge on any atom is 0.231 e. The number of aromatic nitrogens is 3. The van der Waals surface area contributed by atoms with Gasteiger partial charge in [-0.2, -0.15) is 0 Å². The number of anilines is 1. The topological polar surface area (TPSA) is 78.3 Å². The number of imidazole rings is 1. The summed E-state index contributed by atoms with van der Waals surface area (Å²) in [4.78, 5) is 22.7. The summed E-state index contributed by atoms with van der Waals surface area (Å²) in [6.45, 7) is 6.72. The van der Waals surface area contributed by atoms with E-state index in [2.05, 4.69) is 26.8 Å². The summed E-state index contributed by atoms with van der Waals surface area (Å²) in [6.07, 6.45) is 5.51. The Morgan fingerprint density at radius 2 is 2.35 bits per heavy atom. The molecule has 0 radical (unpaired) electrons. The fourth-order valence-corrected chi connectivity index (χ4v) is 4.57. The van der Waals surface area contributed by atoms with Crippen LogP contribution in [0.2, 0.25) is 0 Å². The number of carbonyl (C=O) groups is 1. The first-order valence-corrected chi connectivity index (χ1v) is 9.88. The van der Waals surface area contributed by atoms with Crippen LogP contribution < -0.4 is 5.32 Å². The molecule has 1 unspecified atom stereocenters. The second kappa shape index (κ2) is 7.46. The Bertz CT molecular complexity index is 781. The van der Waals surface area contributed by atoms with Crippen molar-refractivity contribution in [3.63, 3.8) is 0 Å². The van der Waals surface area contributed by atoms with E-state index in [4.69, 9.17) is 9.47 Å². The molecule has 2 aromatic rings. The average Bonchev–Trinajstić information content (AvgIpc) is 3.21. The molecule has 2 aliphatic rings. The van der Waals surface area contributed by atoms with Crippen molar-refractivity contribution in [2.75, 3.05) is 25.1 Å². The highest BCUT2D eigenvalue weighted by Gasteiger charge is 2.30. The molecule has 8 heteroatoms. The highest BCUT2D eigenvalue weighted by atomic mass is 32.1. The molecule has 0 spiro atoms. The summed E-state index contributed by atoms with van der Waals surface area (Å²) in [5.41, 5.74) is 1.01. The molecule has 7 nitrogen and oxygen atoms in total. The van der Waals surface area contributed by atoms with Gasteiger partial charge in [0, 0.05) is 36.2 Å². The van der Waals surface area contributed by atoms with Gasteiger partial charge in [0.2, 0.25) is 5.91 Å². The number of aryl methyl sites for hydroxylation is 1. The lowest BCUT2D eigenvalue weighted by atomic mass is 9.91. The van der Waals surface area contributed by atoms with Crippen molar-refractivity contribution in [3.8, 4) is 0 Å². The molecule has 26 heavy (non-hydrogen) atoms. The van der Waals surface area contributed by atoms with Crippen molar-refractivity contribution in [2.45, 2.75) is 45.3 Å². The van der Waals surface area contributed by atoms with E-state index in [1.807, 2.05) is 19.3 Å². The SMILES string of the molecule is Cc1cn2c(n1)[C@H](C)C[C@H](C(=O)Nc1ncc(CC3COCCO3)s1)C2. The highest BCUT2D eigenvalue weighted by Crippen LogP contribution is 2.31. The minimum Gasteiger partial charge on any atom is -0.376 e. The Balaban J connectivity index is 1.36. The fraction of sp³-hybridized carbons (Fsp3) is 0.611. The molecule has 1 fully saturated rings. The molecule has 1 N–H and O–H groups in total. The predicted octanol–water partition coefficient (Wildman–Crippen LogP) is 2.37. The number of fused-ring (bicyclic) bond motifs is 1. The van der Waals surface area contributed by atoms with Crippen LogP contribution in [0.1, 0.15) is 35.7 Å². The Labute approximate surface area is 156 Å². The van der Waals surface area contributed by atoms with Crippen LogP contribution in [0.15, 0.2) is 12.4 Å². The molecule has 2 aliphatic heterocycles. The van der Waals surface area contributed by atoms with Gasteiger partial charge in [0.15, 0.2) is 5.13 Å². The van der Waals surface area contributed by atoms with E-state index in [-0.39, 0.29) is 23.8 Å². The maximum atomic E-state index is 12.7. The van der Waals surface area contributed by atoms with Crippen molar-refractivity contribution < 1.29 is 14.3 Å². The van der Waals surface area contributed by atoms with Crippen LogP contribution in [0, 0.1) is 12.8 Å². The normalized spacial score (nSPS) is 25.7. The molecular weight excluding hydrogens is 352 g/mol. The third kappa shape index (κ3) is 3.82. The maximum absolute atomic E-state index is 12.7. The van der Waals surface area contributed by atoms with Gasteiger partial charge >= 0.3 is 0 Å². The van der Waals surface area contributed by atoms with Crippen molar-refractivity contribution in [1.29, 1.82) is 0 Å². The first kappa shape index (κ1) is 17.6. The van der Waals surface area contributed by atoms with E-state index in [0.29, 0.717) is 31.5 Å². The average molecular weight is 376 g/mol. The molecule has 4 rings (SSSR count). The number of thiazole rings is 1. The van der Waals surface area contributed by atoms with Crippen LogP contribution >= 0.6 is 11.3 Å². The standard InChI is InChI=1S/C18H24N4O3S/c1-11-5-13(9-22-8-12(2)20-16(11)22)17(23)21-18-19-7-15(26-18)6-14-10-24-3-4-25-14/h7-8,11,13-14H,3-6,9-10H2,1-2H3,(H,19,21,23)/t11-,13+,14?/m1/s1. The number of hydrogen-bond acceptors (Lipinski definition) is 6. The Morgan fingerprint density at radius 3 is 3.15 bits per heavy atom. The molecule has 140 valence electrons. The van der Waals surface area contributed by atoms with Gasteiger partial charge in [-0.3, -0.25) is 4.79 Å². The van der Waals surface area contributed by atoms with Crippen molar-refractivity contribution in [2.24, 2.45) is 5.92 Å². The first-order valence-electron chi connectivity index (χ1n) is 9.07. The van der Waals surface area contributed by atoms with Gasteiger partial charge in [-0.1, -0.05) is 6.92 Å². The minimum absolute atomic E-state index is 0.0343. The van der Waals surface area contributed by atoms with Crippen LogP contribution in [0.4, 0.5) is 5.13 Å². The van der Waals surface area contributed by atoms with Crippen molar-refractivity contribution in [3.05, 3.63) is 28.8 Å². The molecule has 2 aromatic heterocycles. The molecule has 3 atom stereocenters. The van der Waals surface area contributed by atoms with E-state index in [1.54, 1.807) is 0 Å². The second-order valence-electron chi connectivity index (χ2n) is 7.12. The van der Waals surface area contributed by atoms with Crippen LogP contribution in [-0.4, -0.2) is 46.4 Å².